The van der Waals surface area contributed by atoms with Crippen molar-refractivity contribution in [1.29, 1.82) is 0 Å². The molecule has 0 unspecified atom stereocenters. The fourth-order valence-electron chi connectivity index (χ4n) is 6.59. The molecule has 0 N–H and O–H groups in total. The summed E-state index contributed by atoms with van der Waals surface area (Å²) in [4.78, 5) is 16.1. The van der Waals surface area contributed by atoms with Crippen molar-refractivity contribution >= 4 is 16.8 Å². The highest BCUT2D eigenvalue weighted by atomic mass is 16.5. The maximum absolute atomic E-state index is 13.5. The molecule has 2 aromatic carbocycles. The predicted molar refractivity (Wildman–Crippen MR) is 148 cm³/mol. The number of nitrogens with zero attached hydrogens (tertiary/aromatic N) is 2. The molecule has 4 nitrogen and oxygen atoms in total. The van der Waals surface area contributed by atoms with E-state index >= 15 is 0 Å². The highest BCUT2D eigenvalue weighted by molar-refractivity contribution is 6.04. The molecule has 0 radical (unpaired) electrons. The zero-order valence-corrected chi connectivity index (χ0v) is 22.2. The van der Waals surface area contributed by atoms with Crippen LogP contribution in [0.3, 0.4) is 0 Å². The van der Waals surface area contributed by atoms with Crippen LogP contribution in [0, 0.1) is 18.8 Å². The SMILES string of the molecule is COc1ccc2c(c1)c(CCN1CCC(CCC3CCCCC3)CC1)c(C)n2C(=O)c1ccccc1. The van der Waals surface area contributed by atoms with Crippen molar-refractivity contribution in [1.82, 2.24) is 9.47 Å². The summed E-state index contributed by atoms with van der Waals surface area (Å²) < 4.78 is 7.44. The third kappa shape index (κ3) is 5.54. The standard InChI is InChI=1S/C32H42N2O2/c1-24-29(19-22-33-20-17-26(18-21-33)14-13-25-9-5-3-6-10-25)30-23-28(36-2)15-16-31(30)34(24)32(35)27-11-7-4-8-12-27/h4,7-8,11-12,15-16,23,25-26H,3,5-6,9-10,13-14,17-22H2,1-2H3. The van der Waals surface area contributed by atoms with Gasteiger partial charge < -0.3 is 9.64 Å². The number of methoxy groups -OCH3 is 1. The number of benzene rings is 2. The molecule has 0 bridgehead atoms. The summed E-state index contributed by atoms with van der Waals surface area (Å²) in [5.74, 6) is 2.80. The fourth-order valence-corrected chi connectivity index (χ4v) is 6.59. The van der Waals surface area contributed by atoms with Crippen molar-refractivity contribution in [2.75, 3.05) is 26.7 Å². The highest BCUT2D eigenvalue weighted by Crippen LogP contribution is 2.33. The molecule has 1 aliphatic heterocycles. The molecule has 1 saturated heterocycles. The second-order valence-corrected chi connectivity index (χ2v) is 11.1. The number of carbonyl (C=O) groups excluding carboxylic acids is 1. The van der Waals surface area contributed by atoms with E-state index in [9.17, 15) is 4.79 Å². The minimum atomic E-state index is 0.0355. The van der Waals surface area contributed by atoms with Crippen LogP contribution in [0.5, 0.6) is 5.75 Å². The minimum absolute atomic E-state index is 0.0355. The average molecular weight is 487 g/mol. The molecule has 4 heteroatoms. The Labute approximate surface area is 216 Å². The van der Waals surface area contributed by atoms with E-state index in [1.165, 1.54) is 76.4 Å². The van der Waals surface area contributed by atoms with Crippen molar-refractivity contribution in [3.63, 3.8) is 0 Å². The van der Waals surface area contributed by atoms with Crippen LogP contribution in [0.2, 0.25) is 0 Å². The Hall–Kier alpha value is -2.59. The molecule has 2 aliphatic rings. The first-order valence-corrected chi connectivity index (χ1v) is 14.1. The van der Waals surface area contributed by atoms with Gasteiger partial charge in [-0.3, -0.25) is 9.36 Å². The van der Waals surface area contributed by atoms with Crippen LogP contribution < -0.4 is 4.74 Å². The van der Waals surface area contributed by atoms with Crippen LogP contribution in [-0.4, -0.2) is 42.1 Å². The van der Waals surface area contributed by atoms with E-state index < -0.39 is 0 Å². The van der Waals surface area contributed by atoms with Gasteiger partial charge in [-0.25, -0.2) is 0 Å². The number of piperidine rings is 1. The lowest BCUT2D eigenvalue weighted by molar-refractivity contribution is 0.0963. The van der Waals surface area contributed by atoms with Gasteiger partial charge in [0, 0.05) is 23.2 Å². The van der Waals surface area contributed by atoms with Gasteiger partial charge in [0.1, 0.15) is 5.75 Å². The molecule has 0 spiro atoms. The Kier molecular flexibility index (Phi) is 8.11. The monoisotopic (exact) mass is 486 g/mol. The average Bonchev–Trinajstić information content (AvgIpc) is 3.22. The van der Waals surface area contributed by atoms with E-state index in [1.807, 2.05) is 47.0 Å². The molecule has 0 atom stereocenters. The second-order valence-electron chi connectivity index (χ2n) is 11.1. The number of carbonyl (C=O) groups is 1. The van der Waals surface area contributed by atoms with Crippen molar-refractivity contribution in [2.24, 2.45) is 11.8 Å². The summed E-state index contributed by atoms with van der Waals surface area (Å²) >= 11 is 0. The Bertz CT molecular complexity index is 1150. The fraction of sp³-hybridized carbons (Fsp3) is 0.531. The lowest BCUT2D eigenvalue weighted by atomic mass is 9.82. The van der Waals surface area contributed by atoms with Gasteiger partial charge in [0.2, 0.25) is 0 Å². The number of ether oxygens (including phenoxy) is 1. The summed E-state index contributed by atoms with van der Waals surface area (Å²) in [6.45, 7) is 5.56. The Balaban J connectivity index is 1.26. The van der Waals surface area contributed by atoms with Gasteiger partial charge in [-0.15, -0.1) is 0 Å². The van der Waals surface area contributed by atoms with Crippen LogP contribution in [0.1, 0.15) is 79.4 Å². The highest BCUT2D eigenvalue weighted by Gasteiger charge is 2.24. The number of rotatable bonds is 8. The molecule has 192 valence electrons. The van der Waals surface area contributed by atoms with E-state index in [4.69, 9.17) is 4.74 Å². The van der Waals surface area contributed by atoms with Crippen LogP contribution in [0.15, 0.2) is 48.5 Å². The molecule has 5 rings (SSSR count). The van der Waals surface area contributed by atoms with Crippen LogP contribution in [-0.2, 0) is 6.42 Å². The third-order valence-electron chi connectivity index (χ3n) is 8.86. The van der Waals surface area contributed by atoms with E-state index in [0.717, 1.165) is 52.7 Å². The quantitative estimate of drug-likeness (QED) is 0.336. The summed E-state index contributed by atoms with van der Waals surface area (Å²) in [6, 6.07) is 15.7. The first-order valence-electron chi connectivity index (χ1n) is 14.1. The van der Waals surface area contributed by atoms with Crippen LogP contribution in [0.4, 0.5) is 0 Å². The number of hydrogen-bond acceptors (Lipinski definition) is 3. The van der Waals surface area contributed by atoms with E-state index in [-0.39, 0.29) is 5.91 Å². The van der Waals surface area contributed by atoms with Crippen molar-refractivity contribution in [3.05, 3.63) is 65.4 Å². The first-order chi connectivity index (χ1) is 17.6. The second kappa shape index (κ2) is 11.6. The smallest absolute Gasteiger partial charge is 0.262 e. The number of aromatic nitrogens is 1. The summed E-state index contributed by atoms with van der Waals surface area (Å²) in [7, 11) is 1.71. The third-order valence-corrected chi connectivity index (χ3v) is 8.86. The molecule has 0 amide bonds. The Morgan fingerprint density at radius 2 is 1.61 bits per heavy atom. The molecule has 2 heterocycles. The molecule has 1 saturated carbocycles. The maximum Gasteiger partial charge on any atom is 0.262 e. The first kappa shape index (κ1) is 25.1. The maximum atomic E-state index is 13.5. The number of fused-ring (bicyclic) bond motifs is 1. The number of likely N-dealkylation sites (tertiary alicyclic amines) is 1. The predicted octanol–water partition coefficient (Wildman–Crippen LogP) is 7.26. The van der Waals surface area contributed by atoms with Crippen molar-refractivity contribution < 1.29 is 9.53 Å². The topological polar surface area (TPSA) is 34.5 Å². The molecule has 3 aromatic rings. The van der Waals surface area contributed by atoms with Gasteiger partial charge >= 0.3 is 0 Å². The van der Waals surface area contributed by atoms with Gasteiger partial charge in [0.05, 0.1) is 12.6 Å². The minimum Gasteiger partial charge on any atom is -0.497 e. The summed E-state index contributed by atoms with van der Waals surface area (Å²) in [5.41, 5.74) is 4.01. The van der Waals surface area contributed by atoms with Crippen LogP contribution in [0.25, 0.3) is 10.9 Å². The van der Waals surface area contributed by atoms with Gasteiger partial charge in [-0.05, 0) is 87.0 Å². The largest absolute Gasteiger partial charge is 0.497 e. The van der Waals surface area contributed by atoms with Crippen LogP contribution >= 0.6 is 0 Å². The molecular formula is C32H42N2O2. The van der Waals surface area contributed by atoms with E-state index in [1.54, 1.807) is 7.11 Å². The van der Waals surface area contributed by atoms with Gasteiger partial charge in [-0.1, -0.05) is 63.1 Å². The molecule has 1 aromatic heterocycles. The molecule has 2 fully saturated rings. The van der Waals surface area contributed by atoms with E-state index in [0.29, 0.717) is 0 Å². The van der Waals surface area contributed by atoms with Gasteiger partial charge in [0.25, 0.3) is 5.91 Å². The zero-order chi connectivity index (χ0) is 24.9. The molecule has 1 aliphatic carbocycles. The van der Waals surface area contributed by atoms with Gasteiger partial charge in [-0.2, -0.15) is 0 Å². The zero-order valence-electron chi connectivity index (χ0n) is 22.2. The summed E-state index contributed by atoms with van der Waals surface area (Å²) in [5, 5.41) is 1.14. The van der Waals surface area contributed by atoms with Crippen molar-refractivity contribution in [2.45, 2.75) is 71.1 Å². The van der Waals surface area contributed by atoms with Gasteiger partial charge in [0.15, 0.2) is 0 Å². The number of hydrogen-bond donors (Lipinski definition) is 0. The van der Waals surface area contributed by atoms with E-state index in [2.05, 4.69) is 17.9 Å². The van der Waals surface area contributed by atoms with Crippen molar-refractivity contribution in [3.8, 4) is 5.75 Å². The summed E-state index contributed by atoms with van der Waals surface area (Å²) in [6.07, 6.45) is 13.9. The Morgan fingerprint density at radius 3 is 2.31 bits per heavy atom. The Morgan fingerprint density at radius 1 is 0.917 bits per heavy atom. The molecular weight excluding hydrogens is 444 g/mol. The normalized spacial score (nSPS) is 18.1. The lowest BCUT2D eigenvalue weighted by Crippen LogP contribution is -2.35. The lowest BCUT2D eigenvalue weighted by Gasteiger charge is -2.33. The molecule has 36 heavy (non-hydrogen) atoms.